The molecule has 31 heavy (non-hydrogen) atoms. The lowest BCUT2D eigenvalue weighted by Gasteiger charge is -2.19. The van der Waals surface area contributed by atoms with Crippen molar-refractivity contribution >= 4 is 23.6 Å². The fourth-order valence-corrected chi connectivity index (χ4v) is 3.11. The van der Waals surface area contributed by atoms with E-state index in [-0.39, 0.29) is 17.1 Å². The molecule has 2 aromatic rings. The third-order valence-corrected chi connectivity index (χ3v) is 5.04. The highest BCUT2D eigenvalue weighted by atomic mass is 35.5. The highest BCUT2D eigenvalue weighted by Gasteiger charge is 2.39. The first kappa shape index (κ1) is 24.8. The number of rotatable bonds is 6. The molecule has 1 atom stereocenters. The summed E-state index contributed by atoms with van der Waals surface area (Å²) in [5.41, 5.74) is 2.38. The average molecular weight is 464 g/mol. The molecule has 2 nitrogen and oxygen atoms in total. The van der Waals surface area contributed by atoms with Gasteiger partial charge in [-0.3, -0.25) is 4.79 Å². The van der Waals surface area contributed by atoms with E-state index >= 15 is 0 Å². The van der Waals surface area contributed by atoms with Crippen LogP contribution in [-0.2, 0) is 11.3 Å². The summed E-state index contributed by atoms with van der Waals surface area (Å²) in [5, 5.41) is 2.40. The second kappa shape index (κ2) is 9.77. The van der Waals surface area contributed by atoms with Crippen molar-refractivity contribution in [2.24, 2.45) is 0 Å². The van der Waals surface area contributed by atoms with Crippen LogP contribution in [-0.4, -0.2) is 18.3 Å². The molecule has 0 saturated heterocycles. The highest BCUT2D eigenvalue weighted by Crippen LogP contribution is 2.38. The lowest BCUT2D eigenvalue weighted by atomic mass is 9.94. The summed E-state index contributed by atoms with van der Waals surface area (Å²) in [6, 6.07) is 8.83. The quantitative estimate of drug-likeness (QED) is 0.465. The van der Waals surface area contributed by atoms with Gasteiger partial charge in [-0.05, 0) is 47.7 Å². The van der Waals surface area contributed by atoms with Gasteiger partial charge in [0.25, 0.3) is 0 Å². The van der Waals surface area contributed by atoms with Gasteiger partial charge in [-0.15, -0.1) is 0 Å². The molecule has 9 heteroatoms. The van der Waals surface area contributed by atoms with Crippen LogP contribution in [0.5, 0.6) is 0 Å². The fourth-order valence-electron chi connectivity index (χ4n) is 2.83. The molecule has 1 N–H and O–H groups in total. The third kappa shape index (κ3) is 7.61. The molecule has 0 fully saturated rings. The molecule has 0 heterocycles. The Balaban J connectivity index is 2.12. The van der Waals surface area contributed by atoms with Crippen molar-refractivity contribution in [1.29, 1.82) is 0 Å². The Morgan fingerprint density at radius 1 is 1.06 bits per heavy atom. The monoisotopic (exact) mass is 463 g/mol. The van der Waals surface area contributed by atoms with Crippen molar-refractivity contribution in [3.05, 3.63) is 75.3 Å². The van der Waals surface area contributed by atoms with Crippen molar-refractivity contribution < 1.29 is 31.1 Å². The minimum Gasteiger partial charge on any atom is -0.352 e. The Kier molecular flexibility index (Phi) is 7.81. The summed E-state index contributed by atoms with van der Waals surface area (Å²) in [6.45, 7) is 3.30. The SMILES string of the molecule is Cc1cc(C(/C=C\c2ccc(CNC(=O)CC(F)(F)F)cc2)C(F)(F)F)cc(Cl)c1C. The van der Waals surface area contributed by atoms with Gasteiger partial charge in [0.15, 0.2) is 0 Å². The minimum absolute atomic E-state index is 0.0286. The van der Waals surface area contributed by atoms with Gasteiger partial charge in [0.1, 0.15) is 6.42 Å². The van der Waals surface area contributed by atoms with E-state index in [0.717, 1.165) is 6.08 Å². The van der Waals surface area contributed by atoms with Gasteiger partial charge in [0, 0.05) is 11.6 Å². The first-order valence-corrected chi connectivity index (χ1v) is 9.58. The predicted octanol–water partition coefficient (Wildman–Crippen LogP) is 6.88. The van der Waals surface area contributed by atoms with Crippen molar-refractivity contribution in [2.75, 3.05) is 0 Å². The van der Waals surface area contributed by atoms with Gasteiger partial charge in [0.2, 0.25) is 5.91 Å². The number of carbonyl (C=O) groups excluding carboxylic acids is 1. The molecule has 1 amide bonds. The van der Waals surface area contributed by atoms with Gasteiger partial charge < -0.3 is 5.32 Å². The lowest BCUT2D eigenvalue weighted by Crippen LogP contribution is -2.28. The number of benzene rings is 2. The summed E-state index contributed by atoms with van der Waals surface area (Å²) < 4.78 is 77.3. The number of allylic oxidation sites excluding steroid dienone is 1. The van der Waals surface area contributed by atoms with Gasteiger partial charge >= 0.3 is 12.4 Å². The number of alkyl halides is 6. The molecule has 2 rings (SSSR count). The maximum atomic E-state index is 13.6. The topological polar surface area (TPSA) is 29.1 Å². The average Bonchev–Trinajstić information content (AvgIpc) is 2.63. The molecule has 2 aromatic carbocycles. The standard InChI is InChI=1S/C22H20ClF6NO/c1-13-9-17(10-19(23)14(13)2)18(22(27,28)29)8-7-15-3-5-16(6-4-15)12-30-20(31)11-21(24,25)26/h3-10,18H,11-12H2,1-2H3,(H,30,31)/b8-7-. The Bertz CT molecular complexity index is 925. The van der Waals surface area contributed by atoms with E-state index in [4.69, 9.17) is 11.6 Å². The second-order valence-electron chi connectivity index (χ2n) is 7.13. The van der Waals surface area contributed by atoms with E-state index < -0.39 is 30.6 Å². The first-order chi connectivity index (χ1) is 14.3. The van der Waals surface area contributed by atoms with Crippen LogP contribution in [0, 0.1) is 13.8 Å². The van der Waals surface area contributed by atoms with Crippen LogP contribution in [0.4, 0.5) is 26.3 Å². The summed E-state index contributed by atoms with van der Waals surface area (Å²) in [5.74, 6) is -3.01. The van der Waals surface area contributed by atoms with E-state index in [1.807, 2.05) is 0 Å². The molecular weight excluding hydrogens is 444 g/mol. The Morgan fingerprint density at radius 3 is 2.19 bits per heavy atom. The number of hydrogen-bond donors (Lipinski definition) is 1. The number of carbonyl (C=O) groups is 1. The summed E-state index contributed by atoms with van der Waals surface area (Å²) in [7, 11) is 0. The summed E-state index contributed by atoms with van der Waals surface area (Å²) in [4.78, 5) is 11.2. The molecule has 0 radical (unpaired) electrons. The molecule has 0 aliphatic heterocycles. The third-order valence-electron chi connectivity index (χ3n) is 4.65. The van der Waals surface area contributed by atoms with Crippen LogP contribution in [0.15, 0.2) is 42.5 Å². The maximum absolute atomic E-state index is 13.6. The Hall–Kier alpha value is -2.48. The van der Waals surface area contributed by atoms with Gasteiger partial charge in [-0.2, -0.15) is 26.3 Å². The van der Waals surface area contributed by atoms with Crippen molar-refractivity contribution in [3.63, 3.8) is 0 Å². The maximum Gasteiger partial charge on any atom is 0.399 e. The number of nitrogens with one attached hydrogen (secondary N) is 1. The zero-order chi connectivity index (χ0) is 23.4. The second-order valence-corrected chi connectivity index (χ2v) is 7.54. The largest absolute Gasteiger partial charge is 0.399 e. The fraction of sp³-hybridized carbons (Fsp3) is 0.318. The summed E-state index contributed by atoms with van der Waals surface area (Å²) in [6.07, 6.45) is -8.35. The van der Waals surface area contributed by atoms with E-state index in [0.29, 0.717) is 22.3 Å². The Labute approximate surface area is 180 Å². The number of hydrogen-bond acceptors (Lipinski definition) is 1. The van der Waals surface area contributed by atoms with Crippen LogP contribution in [0.2, 0.25) is 5.02 Å². The van der Waals surface area contributed by atoms with Crippen molar-refractivity contribution in [3.8, 4) is 0 Å². The van der Waals surface area contributed by atoms with E-state index in [9.17, 15) is 31.1 Å². The molecular formula is C22H20ClF6NO. The molecule has 0 saturated carbocycles. The van der Waals surface area contributed by atoms with E-state index in [1.165, 1.54) is 42.5 Å². The van der Waals surface area contributed by atoms with Crippen molar-refractivity contribution in [2.45, 2.75) is 45.1 Å². The summed E-state index contributed by atoms with van der Waals surface area (Å²) >= 11 is 6.05. The van der Waals surface area contributed by atoms with Crippen LogP contribution < -0.4 is 5.32 Å². The number of aryl methyl sites for hydroxylation is 1. The van der Waals surface area contributed by atoms with Crippen LogP contribution >= 0.6 is 11.6 Å². The highest BCUT2D eigenvalue weighted by molar-refractivity contribution is 6.31. The molecule has 168 valence electrons. The predicted molar refractivity (Wildman–Crippen MR) is 108 cm³/mol. The first-order valence-electron chi connectivity index (χ1n) is 9.20. The normalized spacial score (nSPS) is 13.5. The molecule has 0 bridgehead atoms. The van der Waals surface area contributed by atoms with Gasteiger partial charge in [-0.25, -0.2) is 0 Å². The molecule has 0 spiro atoms. The van der Waals surface area contributed by atoms with E-state index in [1.54, 1.807) is 13.8 Å². The molecule has 0 aliphatic rings. The Morgan fingerprint density at radius 2 is 1.68 bits per heavy atom. The van der Waals surface area contributed by atoms with Gasteiger partial charge in [0.05, 0.1) is 5.92 Å². The zero-order valence-corrected chi connectivity index (χ0v) is 17.4. The zero-order valence-electron chi connectivity index (χ0n) is 16.7. The number of amides is 1. The minimum atomic E-state index is -4.59. The van der Waals surface area contributed by atoms with Crippen molar-refractivity contribution in [1.82, 2.24) is 5.32 Å². The lowest BCUT2D eigenvalue weighted by molar-refractivity contribution is -0.153. The van der Waals surface area contributed by atoms with Crippen LogP contribution in [0.25, 0.3) is 6.08 Å². The van der Waals surface area contributed by atoms with Gasteiger partial charge in [-0.1, -0.05) is 54.1 Å². The number of halogens is 7. The molecule has 1 unspecified atom stereocenters. The molecule has 0 aliphatic carbocycles. The van der Waals surface area contributed by atoms with E-state index in [2.05, 4.69) is 5.32 Å². The molecule has 0 aromatic heterocycles. The van der Waals surface area contributed by atoms with Crippen LogP contribution in [0.1, 0.15) is 40.2 Å². The van der Waals surface area contributed by atoms with Crippen LogP contribution in [0.3, 0.4) is 0 Å². The smallest absolute Gasteiger partial charge is 0.352 e.